The molecule has 0 amide bonds. The molecule has 330 valence electrons. The number of aliphatic hydroxyl groups is 1. The van der Waals surface area contributed by atoms with Crippen LogP contribution < -0.4 is 0 Å². The van der Waals surface area contributed by atoms with Crippen LogP contribution in [-0.4, -0.2) is 19.1 Å². The van der Waals surface area contributed by atoms with Gasteiger partial charge in [0.1, 0.15) is 7.85 Å². The van der Waals surface area contributed by atoms with E-state index in [1.165, 1.54) is 141 Å². The maximum Gasteiger partial charge on any atom is 0.105 e. The summed E-state index contributed by atoms with van der Waals surface area (Å²) in [6, 6.07) is 0. The summed E-state index contributed by atoms with van der Waals surface area (Å²) in [6.45, 7) is 15.1. The lowest BCUT2D eigenvalue weighted by atomic mass is 9.68. The molecule has 6 aliphatic rings. The van der Waals surface area contributed by atoms with E-state index in [0.29, 0.717) is 0 Å². The fourth-order valence-electron chi connectivity index (χ4n) is 14.6. The second kappa shape index (κ2) is 23.5. The predicted octanol–water partition coefficient (Wildman–Crippen LogP) is 15.9. The van der Waals surface area contributed by atoms with E-state index in [0.717, 1.165) is 107 Å². The van der Waals surface area contributed by atoms with Crippen LogP contribution in [0.5, 0.6) is 0 Å². The summed E-state index contributed by atoms with van der Waals surface area (Å²) in [5.74, 6) is 16.5. The van der Waals surface area contributed by atoms with E-state index >= 15 is 0 Å². The Morgan fingerprint density at radius 1 is 0.439 bits per heavy atom. The van der Waals surface area contributed by atoms with Gasteiger partial charge in [0.2, 0.25) is 0 Å². The summed E-state index contributed by atoms with van der Waals surface area (Å²) in [7, 11) is 2.48. The molecular formula is C55H101BO. The van der Waals surface area contributed by atoms with Crippen LogP contribution in [-0.2, 0) is 0 Å². The fraction of sp³-hybridized carbons (Fsp3) is 1.00. The number of hydrogen-bond donors (Lipinski definition) is 1. The van der Waals surface area contributed by atoms with Gasteiger partial charge in [-0.05, 0) is 198 Å². The molecule has 0 bridgehead atoms. The van der Waals surface area contributed by atoms with Crippen molar-refractivity contribution in [2.75, 3.05) is 0 Å². The van der Waals surface area contributed by atoms with E-state index in [1.54, 1.807) is 51.4 Å². The van der Waals surface area contributed by atoms with Gasteiger partial charge < -0.3 is 5.11 Å². The molecule has 1 N–H and O–H groups in total. The highest BCUT2D eigenvalue weighted by Gasteiger charge is 2.39. The molecule has 6 fully saturated rings. The van der Waals surface area contributed by atoms with E-state index in [2.05, 4.69) is 42.5 Å². The molecule has 6 rings (SSSR count). The van der Waals surface area contributed by atoms with Crippen LogP contribution in [0, 0.1) is 94.7 Å². The third-order valence-electron chi connectivity index (χ3n) is 19.7. The van der Waals surface area contributed by atoms with Crippen LogP contribution in [0.4, 0.5) is 0 Å². The molecule has 57 heavy (non-hydrogen) atoms. The topological polar surface area (TPSA) is 20.2 Å². The molecule has 1 nitrogen and oxygen atoms in total. The molecule has 6 saturated carbocycles. The van der Waals surface area contributed by atoms with E-state index in [9.17, 15) is 5.11 Å². The van der Waals surface area contributed by atoms with E-state index in [1.807, 2.05) is 6.92 Å². The monoisotopic (exact) mass is 789 g/mol. The van der Waals surface area contributed by atoms with E-state index in [4.69, 9.17) is 0 Å². The van der Waals surface area contributed by atoms with Gasteiger partial charge in [0.25, 0.3) is 0 Å². The Morgan fingerprint density at radius 3 is 1.63 bits per heavy atom. The summed E-state index contributed by atoms with van der Waals surface area (Å²) >= 11 is 0. The van der Waals surface area contributed by atoms with Crippen LogP contribution in [0.15, 0.2) is 0 Å². The standard InChI is InChI=1S/C55H101BO/c1-38(14-17-44-18-19-44)13-15-41(4)45-23-25-50(26-24-45)53-30-29-51(40(3)10-7-9-39(2)46-31-33-55(56)34-32-46)36-54(37-53)49-12-8-11-48(27-28-49)52(20-16-43(6)57)35-42(5)47-21-22-47/h38-55,57H,7-37,56H2,1-6H3/t38?,39?,40?,41?,42?,43?,45?,46?,48?,49-,50?,51?,52?,53?,54?,55?/m1/s1. The lowest BCUT2D eigenvalue weighted by Gasteiger charge is -2.38. The zero-order valence-electron chi connectivity index (χ0n) is 39.8. The first-order chi connectivity index (χ1) is 27.5. The lowest BCUT2D eigenvalue weighted by molar-refractivity contribution is 0.130. The fourth-order valence-corrected chi connectivity index (χ4v) is 14.6. The molecule has 0 heterocycles. The average molecular weight is 789 g/mol. The summed E-state index contributed by atoms with van der Waals surface area (Å²) in [5.41, 5.74) is 0. The highest BCUT2D eigenvalue weighted by atomic mass is 16.3. The predicted molar refractivity (Wildman–Crippen MR) is 251 cm³/mol. The minimum atomic E-state index is -0.132. The van der Waals surface area contributed by atoms with Crippen molar-refractivity contribution in [2.45, 2.75) is 253 Å². The number of hydrogen-bond acceptors (Lipinski definition) is 1. The second-order valence-electron chi connectivity index (χ2n) is 24.4. The van der Waals surface area contributed by atoms with Crippen molar-refractivity contribution in [1.29, 1.82) is 0 Å². The summed E-state index contributed by atoms with van der Waals surface area (Å²) < 4.78 is 0. The molecule has 6 aliphatic carbocycles. The van der Waals surface area contributed by atoms with E-state index in [-0.39, 0.29) is 6.10 Å². The Labute approximate surface area is 358 Å². The molecular weight excluding hydrogens is 687 g/mol. The lowest BCUT2D eigenvalue weighted by Crippen LogP contribution is -2.27. The Hall–Kier alpha value is 0.0249. The third kappa shape index (κ3) is 15.4. The minimum absolute atomic E-state index is 0.132. The molecule has 0 saturated heterocycles. The Bertz CT molecular complexity index is 1080. The molecule has 0 aliphatic heterocycles. The molecule has 0 aromatic heterocycles. The summed E-state index contributed by atoms with van der Waals surface area (Å²) in [4.78, 5) is 0. The highest BCUT2D eigenvalue weighted by molar-refractivity contribution is 6.11. The van der Waals surface area contributed by atoms with Gasteiger partial charge in [-0.1, -0.05) is 143 Å². The Morgan fingerprint density at radius 2 is 0.982 bits per heavy atom. The van der Waals surface area contributed by atoms with Crippen molar-refractivity contribution in [2.24, 2.45) is 94.7 Å². The van der Waals surface area contributed by atoms with Crippen molar-refractivity contribution >= 4 is 7.85 Å². The number of rotatable bonds is 22. The van der Waals surface area contributed by atoms with Crippen molar-refractivity contribution in [1.82, 2.24) is 0 Å². The SMILES string of the molecule is BC1CCC(C(C)CCCC(C)C2CCC(C3CCC(C(C)CCC(C)CCC4CC4)CC3)CC([C@@H]3CCCC(C(CCC(C)O)CC(C)C4CC4)CC3)C2)CC1. The first-order valence-corrected chi connectivity index (χ1v) is 27.2. The van der Waals surface area contributed by atoms with Gasteiger partial charge in [0, 0.05) is 0 Å². The van der Waals surface area contributed by atoms with Crippen molar-refractivity contribution in [3.63, 3.8) is 0 Å². The van der Waals surface area contributed by atoms with Crippen LogP contribution in [0.25, 0.3) is 0 Å². The molecule has 11 unspecified atom stereocenters. The van der Waals surface area contributed by atoms with Gasteiger partial charge in [0.05, 0.1) is 6.10 Å². The highest BCUT2D eigenvalue weighted by Crippen LogP contribution is 2.51. The zero-order chi connectivity index (χ0) is 40.3. The molecule has 0 aromatic carbocycles. The van der Waals surface area contributed by atoms with Gasteiger partial charge >= 0.3 is 0 Å². The Balaban J connectivity index is 1.04. The van der Waals surface area contributed by atoms with Gasteiger partial charge in [-0.2, -0.15) is 0 Å². The first kappa shape index (κ1) is 46.5. The third-order valence-corrected chi connectivity index (χ3v) is 19.7. The average Bonchev–Trinajstić information content (AvgIpc) is 4.10. The summed E-state index contributed by atoms with van der Waals surface area (Å²) in [6.07, 6.45) is 46.0. The second-order valence-corrected chi connectivity index (χ2v) is 24.4. The number of aliphatic hydroxyl groups excluding tert-OH is 1. The normalized spacial score (nSPS) is 36.9. The zero-order valence-corrected chi connectivity index (χ0v) is 39.8. The van der Waals surface area contributed by atoms with Gasteiger partial charge in [0.15, 0.2) is 0 Å². The first-order valence-electron chi connectivity index (χ1n) is 27.2. The van der Waals surface area contributed by atoms with Crippen LogP contribution in [0.3, 0.4) is 0 Å². The molecule has 2 heteroatoms. The maximum atomic E-state index is 10.3. The van der Waals surface area contributed by atoms with E-state index < -0.39 is 0 Å². The molecule has 12 atom stereocenters. The minimum Gasteiger partial charge on any atom is -0.393 e. The van der Waals surface area contributed by atoms with Crippen molar-refractivity contribution in [3.05, 3.63) is 0 Å². The molecule has 0 spiro atoms. The van der Waals surface area contributed by atoms with Crippen LogP contribution in [0.1, 0.15) is 241 Å². The summed E-state index contributed by atoms with van der Waals surface area (Å²) in [5, 5.41) is 10.3. The van der Waals surface area contributed by atoms with Crippen molar-refractivity contribution in [3.8, 4) is 0 Å². The van der Waals surface area contributed by atoms with Crippen LogP contribution in [0.2, 0.25) is 5.82 Å². The molecule has 0 radical (unpaired) electrons. The van der Waals surface area contributed by atoms with Crippen molar-refractivity contribution < 1.29 is 5.11 Å². The molecule has 0 aromatic rings. The van der Waals surface area contributed by atoms with Crippen LogP contribution >= 0.6 is 0 Å². The maximum absolute atomic E-state index is 10.3. The van der Waals surface area contributed by atoms with Gasteiger partial charge in [-0.25, -0.2) is 0 Å². The van der Waals surface area contributed by atoms with Gasteiger partial charge in [-0.15, -0.1) is 0 Å². The quantitative estimate of drug-likeness (QED) is 0.0856. The smallest absolute Gasteiger partial charge is 0.105 e. The largest absolute Gasteiger partial charge is 0.393 e. The van der Waals surface area contributed by atoms with Gasteiger partial charge in [-0.3, -0.25) is 0 Å². The Kier molecular flexibility index (Phi) is 19.2.